The molecule has 0 aliphatic heterocycles. The second kappa shape index (κ2) is 5.11. The zero-order valence-electron chi connectivity index (χ0n) is 11.8. The van der Waals surface area contributed by atoms with Crippen LogP contribution in [0.1, 0.15) is 37.0 Å². The number of carbonyl (C=O) groups is 1. The minimum absolute atomic E-state index is 0.0937. The quantitative estimate of drug-likeness (QED) is 0.801. The van der Waals surface area contributed by atoms with Crippen molar-refractivity contribution in [1.82, 2.24) is 5.32 Å². The van der Waals surface area contributed by atoms with Gasteiger partial charge in [-0.05, 0) is 36.3 Å². The van der Waals surface area contributed by atoms with E-state index in [4.69, 9.17) is 10.5 Å². The summed E-state index contributed by atoms with van der Waals surface area (Å²) in [4.78, 5) is 12.2. The van der Waals surface area contributed by atoms with Crippen LogP contribution in [0.15, 0.2) is 18.2 Å². The second-order valence-electron chi connectivity index (χ2n) is 5.66. The number of hydrogen-bond acceptors (Lipinski definition) is 3. The van der Waals surface area contributed by atoms with E-state index in [1.54, 1.807) is 25.3 Å². The van der Waals surface area contributed by atoms with Crippen LogP contribution in [0.5, 0.6) is 5.75 Å². The fourth-order valence-electron chi connectivity index (χ4n) is 2.37. The Kier molecular flexibility index (Phi) is 3.69. The van der Waals surface area contributed by atoms with Crippen molar-refractivity contribution in [2.75, 3.05) is 19.4 Å². The van der Waals surface area contributed by atoms with Gasteiger partial charge >= 0.3 is 0 Å². The van der Waals surface area contributed by atoms with Crippen molar-refractivity contribution in [2.24, 2.45) is 11.3 Å². The van der Waals surface area contributed by atoms with Gasteiger partial charge in [0.15, 0.2) is 0 Å². The maximum atomic E-state index is 12.2. The van der Waals surface area contributed by atoms with E-state index < -0.39 is 0 Å². The van der Waals surface area contributed by atoms with E-state index in [9.17, 15) is 4.79 Å². The fraction of sp³-hybridized carbons (Fsp3) is 0.533. The molecular weight excluding hydrogens is 240 g/mol. The molecule has 2 rings (SSSR count). The first-order chi connectivity index (χ1) is 8.98. The summed E-state index contributed by atoms with van der Waals surface area (Å²) in [7, 11) is 1.54. The molecule has 1 amide bonds. The lowest BCUT2D eigenvalue weighted by Gasteiger charge is -2.20. The standard InChI is InChI=1S/C15H22N2O2/c1-10(2)15(6-7-15)9-17-14(18)12-5-4-11(16)8-13(12)19-3/h4-5,8,10H,6-7,9,16H2,1-3H3,(H,17,18). The highest BCUT2D eigenvalue weighted by molar-refractivity contribution is 5.97. The minimum atomic E-state index is -0.0937. The predicted octanol–water partition coefficient (Wildman–Crippen LogP) is 2.44. The lowest BCUT2D eigenvalue weighted by Crippen LogP contribution is -2.32. The summed E-state index contributed by atoms with van der Waals surface area (Å²) in [6.07, 6.45) is 2.40. The number of benzene rings is 1. The number of nitrogen functional groups attached to an aromatic ring is 1. The van der Waals surface area contributed by atoms with E-state index >= 15 is 0 Å². The molecule has 0 aromatic heterocycles. The topological polar surface area (TPSA) is 64.3 Å². The summed E-state index contributed by atoms with van der Waals surface area (Å²) in [6, 6.07) is 5.09. The van der Waals surface area contributed by atoms with Crippen LogP contribution >= 0.6 is 0 Å². The lowest BCUT2D eigenvalue weighted by molar-refractivity contribution is 0.0937. The Bertz CT molecular complexity index is 479. The van der Waals surface area contributed by atoms with E-state index in [-0.39, 0.29) is 5.91 Å². The number of amides is 1. The summed E-state index contributed by atoms with van der Waals surface area (Å²) in [5, 5.41) is 3.02. The SMILES string of the molecule is COc1cc(N)ccc1C(=O)NCC1(C(C)C)CC1. The lowest BCUT2D eigenvalue weighted by atomic mass is 9.92. The highest BCUT2D eigenvalue weighted by atomic mass is 16.5. The Balaban J connectivity index is 2.04. The zero-order chi connectivity index (χ0) is 14.0. The largest absolute Gasteiger partial charge is 0.496 e. The van der Waals surface area contributed by atoms with Gasteiger partial charge in [0.1, 0.15) is 5.75 Å². The molecule has 3 N–H and O–H groups in total. The van der Waals surface area contributed by atoms with Crippen molar-refractivity contribution < 1.29 is 9.53 Å². The fourth-order valence-corrected chi connectivity index (χ4v) is 2.37. The molecule has 0 spiro atoms. The van der Waals surface area contributed by atoms with Crippen LogP contribution in [0.2, 0.25) is 0 Å². The Morgan fingerprint density at radius 2 is 2.16 bits per heavy atom. The highest BCUT2D eigenvalue weighted by Gasteiger charge is 2.45. The molecule has 1 aliphatic carbocycles. The molecule has 0 bridgehead atoms. The van der Waals surface area contributed by atoms with E-state index in [0.717, 1.165) is 6.54 Å². The van der Waals surface area contributed by atoms with Gasteiger partial charge in [0.2, 0.25) is 0 Å². The number of methoxy groups -OCH3 is 1. The first-order valence-electron chi connectivity index (χ1n) is 6.70. The molecule has 4 heteroatoms. The van der Waals surface area contributed by atoms with Crippen LogP contribution in [-0.2, 0) is 0 Å². The average molecular weight is 262 g/mol. The summed E-state index contributed by atoms with van der Waals surface area (Å²) in [5.74, 6) is 1.02. The molecule has 1 fully saturated rings. The maximum absolute atomic E-state index is 12.2. The molecule has 4 nitrogen and oxygen atoms in total. The number of carbonyl (C=O) groups excluding carboxylic acids is 1. The monoisotopic (exact) mass is 262 g/mol. The van der Waals surface area contributed by atoms with Crippen LogP contribution in [0.25, 0.3) is 0 Å². The third kappa shape index (κ3) is 2.83. The van der Waals surface area contributed by atoms with Crippen LogP contribution in [0, 0.1) is 11.3 Å². The van der Waals surface area contributed by atoms with Gasteiger partial charge in [-0.15, -0.1) is 0 Å². The summed E-state index contributed by atoms with van der Waals surface area (Å²) in [6.45, 7) is 5.16. The molecular formula is C15H22N2O2. The molecule has 0 unspecified atom stereocenters. The minimum Gasteiger partial charge on any atom is -0.496 e. The molecule has 0 heterocycles. The Hall–Kier alpha value is -1.71. The third-order valence-electron chi connectivity index (χ3n) is 4.19. The second-order valence-corrected chi connectivity index (χ2v) is 5.66. The molecule has 1 aliphatic rings. The Morgan fingerprint density at radius 3 is 2.68 bits per heavy atom. The van der Waals surface area contributed by atoms with Gasteiger partial charge in [-0.3, -0.25) is 4.79 Å². The average Bonchev–Trinajstić information content (AvgIpc) is 3.17. The van der Waals surface area contributed by atoms with Crippen molar-refractivity contribution in [3.05, 3.63) is 23.8 Å². The van der Waals surface area contributed by atoms with Gasteiger partial charge in [0.05, 0.1) is 12.7 Å². The molecule has 0 radical (unpaired) electrons. The number of nitrogens with two attached hydrogens (primary N) is 1. The Labute approximate surface area is 114 Å². The number of ether oxygens (including phenoxy) is 1. The summed E-state index contributed by atoms with van der Waals surface area (Å²) < 4.78 is 5.20. The first kappa shape index (κ1) is 13.7. The van der Waals surface area contributed by atoms with Gasteiger partial charge in [-0.1, -0.05) is 13.8 Å². The van der Waals surface area contributed by atoms with Crippen LogP contribution in [0.3, 0.4) is 0 Å². The van der Waals surface area contributed by atoms with E-state index in [1.807, 2.05) is 0 Å². The molecule has 19 heavy (non-hydrogen) atoms. The zero-order valence-corrected chi connectivity index (χ0v) is 11.8. The van der Waals surface area contributed by atoms with E-state index in [2.05, 4.69) is 19.2 Å². The van der Waals surface area contributed by atoms with Crippen molar-refractivity contribution in [3.63, 3.8) is 0 Å². The van der Waals surface area contributed by atoms with Crippen molar-refractivity contribution >= 4 is 11.6 Å². The van der Waals surface area contributed by atoms with E-state index in [1.165, 1.54) is 12.8 Å². The highest BCUT2D eigenvalue weighted by Crippen LogP contribution is 2.51. The van der Waals surface area contributed by atoms with Crippen molar-refractivity contribution in [1.29, 1.82) is 0 Å². The normalized spacial score (nSPS) is 16.2. The predicted molar refractivity (Wildman–Crippen MR) is 76.2 cm³/mol. The third-order valence-corrected chi connectivity index (χ3v) is 4.19. The number of rotatable bonds is 5. The van der Waals surface area contributed by atoms with Crippen LogP contribution in [0.4, 0.5) is 5.69 Å². The number of nitrogens with one attached hydrogen (secondary N) is 1. The van der Waals surface area contributed by atoms with Crippen LogP contribution in [-0.4, -0.2) is 19.6 Å². The first-order valence-corrected chi connectivity index (χ1v) is 6.70. The van der Waals surface area contributed by atoms with Gasteiger partial charge in [-0.2, -0.15) is 0 Å². The summed E-state index contributed by atoms with van der Waals surface area (Å²) in [5.41, 5.74) is 7.12. The van der Waals surface area contributed by atoms with Gasteiger partial charge < -0.3 is 15.8 Å². The van der Waals surface area contributed by atoms with Gasteiger partial charge in [-0.25, -0.2) is 0 Å². The summed E-state index contributed by atoms with van der Waals surface area (Å²) >= 11 is 0. The number of anilines is 1. The molecule has 1 saturated carbocycles. The van der Waals surface area contributed by atoms with Crippen molar-refractivity contribution in [2.45, 2.75) is 26.7 Å². The smallest absolute Gasteiger partial charge is 0.255 e. The molecule has 1 aromatic rings. The molecule has 104 valence electrons. The van der Waals surface area contributed by atoms with Gasteiger partial charge in [0.25, 0.3) is 5.91 Å². The number of hydrogen-bond donors (Lipinski definition) is 2. The molecule has 0 saturated heterocycles. The molecule has 1 aromatic carbocycles. The Morgan fingerprint density at radius 1 is 1.47 bits per heavy atom. The molecule has 0 atom stereocenters. The van der Waals surface area contributed by atoms with Crippen LogP contribution < -0.4 is 15.8 Å². The van der Waals surface area contributed by atoms with E-state index in [0.29, 0.717) is 28.3 Å². The maximum Gasteiger partial charge on any atom is 0.255 e. The van der Waals surface area contributed by atoms with Gasteiger partial charge in [0, 0.05) is 18.3 Å². The van der Waals surface area contributed by atoms with Crippen molar-refractivity contribution in [3.8, 4) is 5.75 Å².